The minimum Gasteiger partial charge on any atom is -0.241 e. The van der Waals surface area contributed by atoms with Crippen LogP contribution in [0.1, 0.15) is 11.4 Å². The van der Waals surface area contributed by atoms with Crippen LogP contribution in [0.15, 0.2) is 30.5 Å². The molecule has 0 atom stereocenters. The molecule has 0 aliphatic carbocycles. The number of halogens is 1. The lowest BCUT2D eigenvalue weighted by atomic mass is 10.1. The van der Waals surface area contributed by atoms with Crippen molar-refractivity contribution < 1.29 is 4.39 Å². The fourth-order valence-electron chi connectivity index (χ4n) is 1.46. The van der Waals surface area contributed by atoms with Crippen molar-refractivity contribution in [3.05, 3.63) is 47.7 Å². The van der Waals surface area contributed by atoms with E-state index in [0.29, 0.717) is 5.82 Å². The fourth-order valence-corrected chi connectivity index (χ4v) is 1.46. The predicted octanol–water partition coefficient (Wildman–Crippen LogP) is 2.90. The quantitative estimate of drug-likeness (QED) is 0.710. The Balaban J connectivity index is 2.58. The van der Waals surface area contributed by atoms with Gasteiger partial charge in [0.15, 0.2) is 0 Å². The molecule has 0 bridgehead atoms. The molecule has 0 amide bonds. The van der Waals surface area contributed by atoms with Crippen molar-refractivity contribution >= 4 is 0 Å². The maximum Gasteiger partial charge on any atom is 0.125 e. The van der Waals surface area contributed by atoms with Crippen molar-refractivity contribution in [1.82, 2.24) is 9.97 Å². The van der Waals surface area contributed by atoms with E-state index in [1.54, 1.807) is 12.3 Å². The van der Waals surface area contributed by atoms with E-state index in [2.05, 4.69) is 9.97 Å². The summed E-state index contributed by atoms with van der Waals surface area (Å²) in [6.07, 6.45) is 1.75. The molecule has 0 N–H and O–H groups in total. The molecule has 0 saturated carbocycles. The minimum absolute atomic E-state index is 0.247. The number of hydrogen-bond donors (Lipinski definition) is 0. The van der Waals surface area contributed by atoms with E-state index >= 15 is 0 Å². The smallest absolute Gasteiger partial charge is 0.125 e. The van der Waals surface area contributed by atoms with Gasteiger partial charge < -0.3 is 0 Å². The molecule has 0 unspecified atom stereocenters. The largest absolute Gasteiger partial charge is 0.241 e. The Labute approximate surface area is 87.8 Å². The standard InChI is InChI=1S/C12H11FN2/c1-8-7-14-9(2)15-12(8)10-4-3-5-11(13)6-10/h3-7H,1-2H3. The number of benzene rings is 1. The number of aromatic nitrogens is 2. The summed E-state index contributed by atoms with van der Waals surface area (Å²) in [6, 6.07) is 6.43. The van der Waals surface area contributed by atoms with E-state index in [4.69, 9.17) is 0 Å². The van der Waals surface area contributed by atoms with Crippen LogP contribution in [0.4, 0.5) is 4.39 Å². The topological polar surface area (TPSA) is 25.8 Å². The van der Waals surface area contributed by atoms with E-state index in [-0.39, 0.29) is 5.82 Å². The van der Waals surface area contributed by atoms with Gasteiger partial charge in [0.25, 0.3) is 0 Å². The van der Waals surface area contributed by atoms with Crippen molar-refractivity contribution in [3.63, 3.8) is 0 Å². The summed E-state index contributed by atoms with van der Waals surface area (Å²) in [5.41, 5.74) is 2.53. The summed E-state index contributed by atoms with van der Waals surface area (Å²) in [6.45, 7) is 3.74. The van der Waals surface area contributed by atoms with Crippen LogP contribution in [-0.2, 0) is 0 Å². The molecule has 3 heteroatoms. The third kappa shape index (κ3) is 2.01. The molecule has 0 saturated heterocycles. The molecule has 2 aromatic rings. The molecular weight excluding hydrogens is 191 g/mol. The average Bonchev–Trinajstić information content (AvgIpc) is 2.22. The van der Waals surface area contributed by atoms with Gasteiger partial charge in [-0.25, -0.2) is 14.4 Å². The van der Waals surface area contributed by atoms with Crippen molar-refractivity contribution in [3.8, 4) is 11.3 Å². The van der Waals surface area contributed by atoms with Crippen molar-refractivity contribution in [1.29, 1.82) is 0 Å². The Hall–Kier alpha value is -1.77. The Morgan fingerprint density at radius 1 is 1.20 bits per heavy atom. The average molecular weight is 202 g/mol. The van der Waals surface area contributed by atoms with Crippen LogP contribution < -0.4 is 0 Å². The van der Waals surface area contributed by atoms with E-state index in [1.807, 2.05) is 19.9 Å². The van der Waals surface area contributed by atoms with Crippen molar-refractivity contribution in [2.45, 2.75) is 13.8 Å². The zero-order valence-electron chi connectivity index (χ0n) is 8.66. The summed E-state index contributed by atoms with van der Waals surface area (Å²) in [5.74, 6) is 0.447. The van der Waals surface area contributed by atoms with Gasteiger partial charge in [-0.2, -0.15) is 0 Å². The van der Waals surface area contributed by atoms with Crippen LogP contribution in [0, 0.1) is 19.7 Å². The monoisotopic (exact) mass is 202 g/mol. The number of hydrogen-bond acceptors (Lipinski definition) is 2. The molecule has 0 radical (unpaired) electrons. The third-order valence-electron chi connectivity index (χ3n) is 2.19. The Kier molecular flexibility index (Phi) is 2.46. The molecule has 15 heavy (non-hydrogen) atoms. The highest BCUT2D eigenvalue weighted by atomic mass is 19.1. The first-order valence-electron chi connectivity index (χ1n) is 4.73. The van der Waals surface area contributed by atoms with Gasteiger partial charge in [0.2, 0.25) is 0 Å². The van der Waals surface area contributed by atoms with Gasteiger partial charge in [0.1, 0.15) is 11.6 Å². The second-order valence-corrected chi connectivity index (χ2v) is 3.46. The van der Waals surface area contributed by atoms with Crippen LogP contribution in [-0.4, -0.2) is 9.97 Å². The lowest BCUT2D eigenvalue weighted by Crippen LogP contribution is -1.94. The fraction of sp³-hybridized carbons (Fsp3) is 0.167. The summed E-state index contributed by atoms with van der Waals surface area (Å²) in [4.78, 5) is 8.39. The predicted molar refractivity (Wildman–Crippen MR) is 56.9 cm³/mol. The molecule has 76 valence electrons. The maximum absolute atomic E-state index is 13.0. The normalized spacial score (nSPS) is 10.3. The highest BCUT2D eigenvalue weighted by molar-refractivity contribution is 5.62. The molecule has 2 nitrogen and oxygen atoms in total. The van der Waals surface area contributed by atoms with E-state index in [9.17, 15) is 4.39 Å². The second-order valence-electron chi connectivity index (χ2n) is 3.46. The van der Waals surface area contributed by atoms with Gasteiger partial charge in [-0.05, 0) is 31.5 Å². The van der Waals surface area contributed by atoms with E-state index in [0.717, 1.165) is 16.8 Å². The van der Waals surface area contributed by atoms with Gasteiger partial charge in [0.05, 0.1) is 5.69 Å². The lowest BCUT2D eigenvalue weighted by Gasteiger charge is -2.05. The van der Waals surface area contributed by atoms with Gasteiger partial charge >= 0.3 is 0 Å². The lowest BCUT2D eigenvalue weighted by molar-refractivity contribution is 0.628. The molecule has 2 rings (SSSR count). The Morgan fingerprint density at radius 2 is 2.00 bits per heavy atom. The van der Waals surface area contributed by atoms with Crippen LogP contribution in [0.5, 0.6) is 0 Å². The highest BCUT2D eigenvalue weighted by Crippen LogP contribution is 2.20. The first-order valence-corrected chi connectivity index (χ1v) is 4.73. The summed E-state index contributed by atoms with van der Waals surface area (Å²) in [7, 11) is 0. The number of aryl methyl sites for hydroxylation is 2. The molecule has 1 aromatic heterocycles. The Morgan fingerprint density at radius 3 is 2.73 bits per heavy atom. The molecule has 0 aliphatic heterocycles. The molecule has 1 aromatic carbocycles. The number of rotatable bonds is 1. The van der Waals surface area contributed by atoms with Gasteiger partial charge in [-0.15, -0.1) is 0 Å². The molecule has 0 spiro atoms. The summed E-state index contributed by atoms with van der Waals surface area (Å²) >= 11 is 0. The van der Waals surface area contributed by atoms with Gasteiger partial charge in [-0.1, -0.05) is 12.1 Å². The van der Waals surface area contributed by atoms with E-state index < -0.39 is 0 Å². The van der Waals surface area contributed by atoms with Crippen molar-refractivity contribution in [2.24, 2.45) is 0 Å². The van der Waals surface area contributed by atoms with Crippen LogP contribution in [0.3, 0.4) is 0 Å². The highest BCUT2D eigenvalue weighted by Gasteiger charge is 2.05. The molecule has 0 aliphatic rings. The van der Waals surface area contributed by atoms with Crippen LogP contribution in [0.2, 0.25) is 0 Å². The van der Waals surface area contributed by atoms with Gasteiger partial charge in [0, 0.05) is 11.8 Å². The number of nitrogens with zero attached hydrogens (tertiary/aromatic N) is 2. The summed E-state index contributed by atoms with van der Waals surface area (Å²) in [5, 5.41) is 0. The zero-order chi connectivity index (χ0) is 10.8. The first kappa shape index (κ1) is 9.77. The molecule has 0 fully saturated rings. The molecule has 1 heterocycles. The Bertz CT molecular complexity index is 495. The zero-order valence-corrected chi connectivity index (χ0v) is 8.66. The SMILES string of the molecule is Cc1ncc(C)c(-c2cccc(F)c2)n1. The van der Waals surface area contributed by atoms with Gasteiger partial charge in [-0.3, -0.25) is 0 Å². The maximum atomic E-state index is 13.0. The van der Waals surface area contributed by atoms with Crippen LogP contribution in [0.25, 0.3) is 11.3 Å². The minimum atomic E-state index is -0.247. The molecular formula is C12H11FN2. The van der Waals surface area contributed by atoms with E-state index in [1.165, 1.54) is 12.1 Å². The third-order valence-corrected chi connectivity index (χ3v) is 2.19. The van der Waals surface area contributed by atoms with Crippen LogP contribution >= 0.6 is 0 Å². The summed E-state index contributed by atoms with van der Waals surface area (Å²) < 4.78 is 13.0. The first-order chi connectivity index (χ1) is 7.16. The second kappa shape index (κ2) is 3.77. The van der Waals surface area contributed by atoms with Crippen molar-refractivity contribution in [2.75, 3.05) is 0 Å².